The molecule has 0 atom stereocenters. The van der Waals surface area contributed by atoms with Crippen molar-refractivity contribution in [2.45, 2.75) is 39.3 Å². The quantitative estimate of drug-likeness (QED) is 0.857. The summed E-state index contributed by atoms with van der Waals surface area (Å²) >= 11 is 0. The van der Waals surface area contributed by atoms with Crippen LogP contribution >= 0.6 is 0 Å². The first kappa shape index (κ1) is 17.7. The minimum Gasteiger partial charge on any atom is -0.339 e. The van der Waals surface area contributed by atoms with E-state index in [2.05, 4.69) is 25.7 Å². The Labute approximate surface area is 148 Å². The number of para-hydroxylation sites is 1. The Hall–Kier alpha value is -2.14. The van der Waals surface area contributed by atoms with E-state index >= 15 is 0 Å². The Balaban J connectivity index is 1.70. The van der Waals surface area contributed by atoms with Gasteiger partial charge in [0.25, 0.3) is 0 Å². The van der Waals surface area contributed by atoms with Crippen LogP contribution in [0.3, 0.4) is 0 Å². The molecule has 0 aliphatic carbocycles. The van der Waals surface area contributed by atoms with Crippen molar-refractivity contribution in [3.05, 3.63) is 46.8 Å². The van der Waals surface area contributed by atoms with E-state index < -0.39 is 0 Å². The van der Waals surface area contributed by atoms with E-state index in [0.717, 1.165) is 38.1 Å². The van der Waals surface area contributed by atoms with Crippen LogP contribution in [0.25, 0.3) is 10.9 Å². The molecular weight excluding hydrogens is 314 g/mol. The average molecular weight is 341 g/mol. The summed E-state index contributed by atoms with van der Waals surface area (Å²) in [7, 11) is 0. The van der Waals surface area contributed by atoms with Gasteiger partial charge in [-0.3, -0.25) is 14.5 Å². The highest BCUT2D eigenvalue weighted by Crippen LogP contribution is 2.20. The molecule has 5 heteroatoms. The lowest BCUT2D eigenvalue weighted by Crippen LogP contribution is -2.55. The summed E-state index contributed by atoms with van der Waals surface area (Å²) in [6.07, 6.45) is 2.82. The van der Waals surface area contributed by atoms with E-state index in [9.17, 15) is 9.59 Å². The molecule has 1 saturated heterocycles. The molecule has 25 heavy (non-hydrogen) atoms. The van der Waals surface area contributed by atoms with Crippen molar-refractivity contribution >= 4 is 16.8 Å². The first-order chi connectivity index (χ1) is 11.9. The van der Waals surface area contributed by atoms with E-state index in [1.54, 1.807) is 6.20 Å². The number of rotatable bonds is 4. The van der Waals surface area contributed by atoms with Crippen molar-refractivity contribution in [1.29, 1.82) is 0 Å². The zero-order valence-corrected chi connectivity index (χ0v) is 15.4. The maximum Gasteiger partial charge on any atom is 0.242 e. The summed E-state index contributed by atoms with van der Waals surface area (Å²) in [5, 5.41) is 0.660. The third-order valence-corrected chi connectivity index (χ3v) is 5.54. The molecule has 1 amide bonds. The van der Waals surface area contributed by atoms with Crippen LogP contribution in [0.5, 0.6) is 0 Å². The molecule has 1 aromatic heterocycles. The molecule has 1 fully saturated rings. The fourth-order valence-corrected chi connectivity index (χ4v) is 3.43. The molecule has 0 unspecified atom stereocenters. The first-order valence-corrected chi connectivity index (χ1v) is 9.03. The molecule has 2 aromatic rings. The molecule has 0 saturated carbocycles. The van der Waals surface area contributed by atoms with Gasteiger partial charge in [0.05, 0.1) is 5.52 Å². The number of fused-ring (bicyclic) bond motifs is 1. The predicted octanol–water partition coefficient (Wildman–Crippen LogP) is 2.33. The van der Waals surface area contributed by atoms with Gasteiger partial charge in [-0.1, -0.05) is 19.1 Å². The molecule has 2 heterocycles. The van der Waals surface area contributed by atoms with E-state index in [1.807, 2.05) is 33.7 Å². The zero-order chi connectivity index (χ0) is 18.0. The summed E-state index contributed by atoms with van der Waals surface area (Å²) in [6.45, 7) is 10.4. The highest BCUT2D eigenvalue weighted by Gasteiger charge is 2.29. The van der Waals surface area contributed by atoms with Crippen LogP contribution in [0.1, 0.15) is 27.2 Å². The van der Waals surface area contributed by atoms with Crippen LogP contribution < -0.4 is 5.43 Å². The van der Waals surface area contributed by atoms with Gasteiger partial charge in [0.1, 0.15) is 6.54 Å². The lowest BCUT2D eigenvalue weighted by atomic mass is 9.98. The first-order valence-electron chi connectivity index (χ1n) is 9.03. The summed E-state index contributed by atoms with van der Waals surface area (Å²) in [5.41, 5.74) is 0.994. The van der Waals surface area contributed by atoms with E-state index in [4.69, 9.17) is 0 Å². The molecule has 5 nitrogen and oxygen atoms in total. The van der Waals surface area contributed by atoms with Gasteiger partial charge in [-0.05, 0) is 32.4 Å². The van der Waals surface area contributed by atoms with Crippen molar-refractivity contribution in [3.8, 4) is 0 Å². The number of nitrogens with zero attached hydrogens (tertiary/aromatic N) is 3. The second-order valence-corrected chi connectivity index (χ2v) is 7.36. The zero-order valence-electron chi connectivity index (χ0n) is 15.4. The number of hydrogen-bond acceptors (Lipinski definition) is 3. The molecule has 134 valence electrons. The van der Waals surface area contributed by atoms with E-state index in [-0.39, 0.29) is 23.4 Å². The third kappa shape index (κ3) is 3.61. The maximum atomic E-state index is 12.7. The van der Waals surface area contributed by atoms with Crippen molar-refractivity contribution in [2.24, 2.45) is 0 Å². The van der Waals surface area contributed by atoms with Gasteiger partial charge in [-0.2, -0.15) is 0 Å². The number of benzene rings is 1. The predicted molar refractivity (Wildman–Crippen MR) is 101 cm³/mol. The Morgan fingerprint density at radius 3 is 2.44 bits per heavy atom. The molecular formula is C20H27N3O2. The van der Waals surface area contributed by atoms with Crippen molar-refractivity contribution in [3.63, 3.8) is 0 Å². The SMILES string of the molecule is CCC(C)(C)N1CCN(C(=O)Cn2ccc(=O)c3ccccc32)CC1. The van der Waals surface area contributed by atoms with Gasteiger partial charge < -0.3 is 9.47 Å². The van der Waals surface area contributed by atoms with Crippen molar-refractivity contribution in [2.75, 3.05) is 26.2 Å². The fraction of sp³-hybridized carbons (Fsp3) is 0.500. The highest BCUT2D eigenvalue weighted by atomic mass is 16.2. The Morgan fingerprint density at radius 2 is 1.76 bits per heavy atom. The molecule has 1 aromatic carbocycles. The van der Waals surface area contributed by atoms with Crippen molar-refractivity contribution < 1.29 is 4.79 Å². The van der Waals surface area contributed by atoms with Crippen LogP contribution in [0.15, 0.2) is 41.3 Å². The van der Waals surface area contributed by atoms with Gasteiger partial charge >= 0.3 is 0 Å². The summed E-state index contributed by atoms with van der Waals surface area (Å²) < 4.78 is 1.88. The Morgan fingerprint density at radius 1 is 1.08 bits per heavy atom. The van der Waals surface area contributed by atoms with Crippen molar-refractivity contribution in [1.82, 2.24) is 14.4 Å². The second kappa shape index (κ2) is 7.00. The van der Waals surface area contributed by atoms with Crippen LogP contribution in [0, 0.1) is 0 Å². The van der Waals surface area contributed by atoms with Crippen LogP contribution in [-0.2, 0) is 11.3 Å². The van der Waals surface area contributed by atoms with Crippen LogP contribution in [0.2, 0.25) is 0 Å². The van der Waals surface area contributed by atoms with E-state index in [1.165, 1.54) is 6.07 Å². The largest absolute Gasteiger partial charge is 0.339 e. The number of carbonyl (C=O) groups excluding carboxylic acids is 1. The van der Waals surface area contributed by atoms with Gasteiger partial charge in [0.15, 0.2) is 5.43 Å². The molecule has 0 N–H and O–H groups in total. The van der Waals surface area contributed by atoms with Gasteiger partial charge in [-0.15, -0.1) is 0 Å². The molecule has 1 aliphatic rings. The second-order valence-electron chi connectivity index (χ2n) is 7.36. The minimum absolute atomic E-state index is 0.00490. The summed E-state index contributed by atoms with van der Waals surface area (Å²) in [6, 6.07) is 8.99. The summed E-state index contributed by atoms with van der Waals surface area (Å²) in [4.78, 5) is 29.1. The Bertz CT molecular complexity index is 817. The molecule has 0 radical (unpaired) electrons. The lowest BCUT2D eigenvalue weighted by Gasteiger charge is -2.43. The number of carbonyl (C=O) groups is 1. The Kier molecular flexibility index (Phi) is 4.95. The fourth-order valence-electron chi connectivity index (χ4n) is 3.43. The topological polar surface area (TPSA) is 45.5 Å². The number of hydrogen-bond donors (Lipinski definition) is 0. The normalized spacial score (nSPS) is 16.4. The molecule has 3 rings (SSSR count). The van der Waals surface area contributed by atoms with Crippen LogP contribution in [0.4, 0.5) is 0 Å². The molecule has 0 spiro atoms. The van der Waals surface area contributed by atoms with E-state index in [0.29, 0.717) is 5.39 Å². The third-order valence-electron chi connectivity index (χ3n) is 5.54. The average Bonchev–Trinajstić information content (AvgIpc) is 2.64. The summed E-state index contributed by atoms with van der Waals surface area (Å²) in [5.74, 6) is 0.114. The number of aromatic nitrogens is 1. The van der Waals surface area contributed by atoms with Crippen LogP contribution in [-0.4, -0.2) is 52.0 Å². The maximum absolute atomic E-state index is 12.7. The monoisotopic (exact) mass is 341 g/mol. The molecule has 0 bridgehead atoms. The van der Waals surface area contributed by atoms with Gasteiger partial charge in [0, 0.05) is 49.4 Å². The molecule has 1 aliphatic heterocycles. The highest BCUT2D eigenvalue weighted by molar-refractivity contribution is 5.82. The number of amides is 1. The lowest BCUT2D eigenvalue weighted by molar-refractivity contribution is -0.134. The minimum atomic E-state index is -0.00490. The number of pyridine rings is 1. The number of piperazine rings is 1. The smallest absolute Gasteiger partial charge is 0.242 e. The standard InChI is InChI=1S/C20H27N3O2/c1-4-20(2,3)23-13-11-21(12-14-23)19(25)15-22-10-9-18(24)16-7-5-6-8-17(16)22/h5-10H,4,11-15H2,1-3H3. The van der Waals surface area contributed by atoms with Gasteiger partial charge in [0.2, 0.25) is 5.91 Å². The van der Waals surface area contributed by atoms with Gasteiger partial charge in [-0.25, -0.2) is 0 Å².